The lowest BCUT2D eigenvalue weighted by molar-refractivity contribution is 0.589. The van der Waals surface area contributed by atoms with E-state index in [-0.39, 0.29) is 5.41 Å². The summed E-state index contributed by atoms with van der Waals surface area (Å²) in [6, 6.07) is 6.74. The van der Waals surface area contributed by atoms with E-state index in [9.17, 15) is 0 Å². The number of rotatable bonds is 3. The average molecular weight is 220 g/mol. The number of anilines is 1. The van der Waals surface area contributed by atoms with Crippen molar-refractivity contribution in [2.24, 2.45) is 0 Å². The molecular weight excluding hydrogens is 196 g/mol. The standard InChI is InChI=1S/C14H24N2/c1-11-9-12(14(2,3)4)7-8-13(11)16(6)10-15-5/h7-9,15H,10H2,1-6H3. The van der Waals surface area contributed by atoms with Gasteiger partial charge in [-0.2, -0.15) is 0 Å². The predicted molar refractivity (Wildman–Crippen MR) is 72.2 cm³/mol. The van der Waals surface area contributed by atoms with Crippen LogP contribution < -0.4 is 10.2 Å². The van der Waals surface area contributed by atoms with E-state index >= 15 is 0 Å². The van der Waals surface area contributed by atoms with E-state index < -0.39 is 0 Å². The molecule has 1 rings (SSSR count). The minimum Gasteiger partial charge on any atom is -0.362 e. The lowest BCUT2D eigenvalue weighted by Crippen LogP contribution is -2.28. The highest BCUT2D eigenvalue weighted by Gasteiger charge is 2.15. The van der Waals surface area contributed by atoms with Gasteiger partial charge in [-0.3, -0.25) is 0 Å². The number of nitrogens with one attached hydrogen (secondary N) is 1. The van der Waals surface area contributed by atoms with E-state index in [0.29, 0.717) is 0 Å². The van der Waals surface area contributed by atoms with E-state index in [0.717, 1.165) is 6.67 Å². The molecule has 2 heteroatoms. The smallest absolute Gasteiger partial charge is 0.0676 e. The molecule has 0 heterocycles. The van der Waals surface area contributed by atoms with Gasteiger partial charge in [0.05, 0.1) is 6.67 Å². The van der Waals surface area contributed by atoms with Crippen LogP contribution in [-0.4, -0.2) is 20.8 Å². The van der Waals surface area contributed by atoms with Gasteiger partial charge < -0.3 is 10.2 Å². The highest BCUT2D eigenvalue weighted by molar-refractivity contribution is 5.54. The topological polar surface area (TPSA) is 15.3 Å². The number of hydrogen-bond acceptors (Lipinski definition) is 2. The second-order valence-electron chi connectivity index (χ2n) is 5.46. The van der Waals surface area contributed by atoms with Crippen LogP contribution in [-0.2, 0) is 5.41 Å². The minimum absolute atomic E-state index is 0.227. The normalized spacial score (nSPS) is 11.6. The zero-order chi connectivity index (χ0) is 12.3. The Hall–Kier alpha value is -1.02. The van der Waals surface area contributed by atoms with Crippen LogP contribution in [0, 0.1) is 6.92 Å². The molecule has 1 N–H and O–H groups in total. The first-order valence-electron chi connectivity index (χ1n) is 5.83. The van der Waals surface area contributed by atoms with Gasteiger partial charge in [-0.05, 0) is 36.6 Å². The van der Waals surface area contributed by atoms with Gasteiger partial charge in [-0.1, -0.05) is 32.9 Å². The third-order valence-corrected chi connectivity index (χ3v) is 2.87. The van der Waals surface area contributed by atoms with Crippen LogP contribution in [0.4, 0.5) is 5.69 Å². The number of aryl methyl sites for hydroxylation is 1. The molecule has 90 valence electrons. The third-order valence-electron chi connectivity index (χ3n) is 2.87. The molecule has 0 saturated heterocycles. The monoisotopic (exact) mass is 220 g/mol. The van der Waals surface area contributed by atoms with Crippen LogP contribution in [0.5, 0.6) is 0 Å². The van der Waals surface area contributed by atoms with Gasteiger partial charge in [-0.25, -0.2) is 0 Å². The Morgan fingerprint density at radius 1 is 1.25 bits per heavy atom. The first kappa shape index (κ1) is 13.0. The zero-order valence-corrected chi connectivity index (χ0v) is 11.4. The van der Waals surface area contributed by atoms with Crippen LogP contribution >= 0.6 is 0 Å². The van der Waals surface area contributed by atoms with E-state index in [4.69, 9.17) is 0 Å². The molecule has 0 aromatic heterocycles. The first-order valence-corrected chi connectivity index (χ1v) is 5.83. The molecule has 0 spiro atoms. The molecule has 0 radical (unpaired) electrons. The van der Waals surface area contributed by atoms with E-state index in [1.54, 1.807) is 0 Å². The molecule has 16 heavy (non-hydrogen) atoms. The van der Waals surface area contributed by atoms with Crippen molar-refractivity contribution in [3.63, 3.8) is 0 Å². The fraction of sp³-hybridized carbons (Fsp3) is 0.571. The summed E-state index contributed by atoms with van der Waals surface area (Å²) < 4.78 is 0. The molecule has 0 amide bonds. The Morgan fingerprint density at radius 3 is 2.31 bits per heavy atom. The maximum Gasteiger partial charge on any atom is 0.0676 e. The van der Waals surface area contributed by atoms with Crippen molar-refractivity contribution in [1.82, 2.24) is 5.32 Å². The zero-order valence-electron chi connectivity index (χ0n) is 11.4. The number of nitrogens with zero attached hydrogens (tertiary/aromatic N) is 1. The summed E-state index contributed by atoms with van der Waals surface area (Å²) in [7, 11) is 4.07. The molecule has 0 fully saturated rings. The van der Waals surface area contributed by atoms with E-state index in [2.05, 4.69) is 63.2 Å². The lowest BCUT2D eigenvalue weighted by atomic mass is 9.86. The summed E-state index contributed by atoms with van der Waals surface area (Å²) in [4.78, 5) is 2.22. The Kier molecular flexibility index (Phi) is 3.98. The fourth-order valence-electron chi connectivity index (χ4n) is 1.87. The Labute approximate surface area is 99.7 Å². The lowest BCUT2D eigenvalue weighted by Gasteiger charge is -2.24. The number of hydrogen-bond donors (Lipinski definition) is 1. The maximum atomic E-state index is 3.16. The first-order chi connectivity index (χ1) is 7.36. The molecule has 0 aliphatic heterocycles. The van der Waals surface area contributed by atoms with Gasteiger partial charge in [0, 0.05) is 12.7 Å². The number of benzene rings is 1. The van der Waals surface area contributed by atoms with E-state index in [1.807, 2.05) is 7.05 Å². The van der Waals surface area contributed by atoms with Crippen LogP contribution in [0.3, 0.4) is 0 Å². The van der Waals surface area contributed by atoms with Crippen molar-refractivity contribution in [1.29, 1.82) is 0 Å². The van der Waals surface area contributed by atoms with Gasteiger partial charge in [-0.15, -0.1) is 0 Å². The Morgan fingerprint density at radius 2 is 1.88 bits per heavy atom. The fourth-order valence-corrected chi connectivity index (χ4v) is 1.87. The Bertz CT molecular complexity index is 350. The van der Waals surface area contributed by atoms with Gasteiger partial charge in [0.2, 0.25) is 0 Å². The summed E-state index contributed by atoms with van der Waals surface area (Å²) >= 11 is 0. The SMILES string of the molecule is CNCN(C)c1ccc(C(C)(C)C)cc1C. The van der Waals surface area contributed by atoms with Crippen molar-refractivity contribution >= 4 is 5.69 Å². The highest BCUT2D eigenvalue weighted by Crippen LogP contribution is 2.27. The summed E-state index contributed by atoms with van der Waals surface area (Å²) in [6.45, 7) is 9.79. The molecule has 0 unspecified atom stereocenters. The highest BCUT2D eigenvalue weighted by atomic mass is 15.2. The third kappa shape index (κ3) is 2.99. The van der Waals surface area contributed by atoms with Crippen LogP contribution in [0.15, 0.2) is 18.2 Å². The van der Waals surface area contributed by atoms with Gasteiger partial charge >= 0.3 is 0 Å². The van der Waals surface area contributed by atoms with Crippen molar-refractivity contribution < 1.29 is 0 Å². The van der Waals surface area contributed by atoms with Gasteiger partial charge in [0.1, 0.15) is 0 Å². The average Bonchev–Trinajstić information content (AvgIpc) is 2.16. The van der Waals surface area contributed by atoms with Gasteiger partial charge in [0.15, 0.2) is 0 Å². The molecule has 2 nitrogen and oxygen atoms in total. The molecular formula is C14H24N2. The van der Waals surface area contributed by atoms with Crippen LogP contribution in [0.2, 0.25) is 0 Å². The maximum absolute atomic E-state index is 3.16. The quantitative estimate of drug-likeness (QED) is 0.788. The summed E-state index contributed by atoms with van der Waals surface area (Å²) in [5.41, 5.74) is 4.25. The molecule has 0 aliphatic rings. The molecule has 0 bridgehead atoms. The largest absolute Gasteiger partial charge is 0.362 e. The van der Waals surface area contributed by atoms with Crippen molar-refractivity contribution in [2.45, 2.75) is 33.1 Å². The molecule has 0 atom stereocenters. The second-order valence-corrected chi connectivity index (χ2v) is 5.46. The summed E-state index contributed by atoms with van der Waals surface area (Å²) in [6.07, 6.45) is 0. The molecule has 0 aliphatic carbocycles. The predicted octanol–water partition coefficient (Wildman–Crippen LogP) is 2.91. The van der Waals surface area contributed by atoms with Crippen molar-refractivity contribution in [3.8, 4) is 0 Å². The van der Waals surface area contributed by atoms with Gasteiger partial charge in [0.25, 0.3) is 0 Å². The molecule has 1 aromatic rings. The second kappa shape index (κ2) is 4.88. The molecule has 0 saturated carbocycles. The minimum atomic E-state index is 0.227. The Balaban J connectivity index is 3.00. The molecule has 1 aromatic carbocycles. The van der Waals surface area contributed by atoms with E-state index in [1.165, 1.54) is 16.8 Å². The summed E-state index contributed by atoms with van der Waals surface area (Å²) in [5.74, 6) is 0. The van der Waals surface area contributed by atoms with Crippen LogP contribution in [0.25, 0.3) is 0 Å². The van der Waals surface area contributed by atoms with Crippen molar-refractivity contribution in [3.05, 3.63) is 29.3 Å². The summed E-state index contributed by atoms with van der Waals surface area (Å²) in [5, 5.41) is 3.16. The van der Waals surface area contributed by atoms with Crippen LogP contribution in [0.1, 0.15) is 31.9 Å². The van der Waals surface area contributed by atoms with Crippen molar-refractivity contribution in [2.75, 3.05) is 25.7 Å².